The van der Waals surface area contributed by atoms with Crippen molar-refractivity contribution in [2.75, 3.05) is 13.7 Å². The maximum absolute atomic E-state index is 9.85. The Morgan fingerprint density at radius 3 is 2.56 bits per heavy atom. The molecule has 6 nitrogen and oxygen atoms in total. The molecule has 6 heteroatoms. The molecule has 0 radical (unpaired) electrons. The summed E-state index contributed by atoms with van der Waals surface area (Å²) in [6.45, 7) is -0.298. The number of hydrogen-bond acceptors (Lipinski definition) is 6. The highest BCUT2D eigenvalue weighted by atomic mass is 16.5. The molecule has 4 N–H and O–H groups in total. The molecule has 0 aliphatic heterocycles. The van der Waals surface area contributed by atoms with Crippen LogP contribution in [-0.4, -0.2) is 40.2 Å². The zero-order valence-corrected chi connectivity index (χ0v) is 9.87. The average Bonchev–Trinajstić information content (AvgIpc) is 2.38. The van der Waals surface area contributed by atoms with Crippen LogP contribution in [0.1, 0.15) is 23.7 Å². The van der Waals surface area contributed by atoms with Crippen molar-refractivity contribution < 1.29 is 25.2 Å². The minimum Gasteiger partial charge on any atom is -0.504 e. The first kappa shape index (κ1) is 14.3. The molecule has 2 atom stereocenters. The molecule has 0 heterocycles. The van der Waals surface area contributed by atoms with Crippen molar-refractivity contribution in [3.63, 3.8) is 0 Å². The summed E-state index contributed by atoms with van der Waals surface area (Å²) in [6, 6.07) is 4.45. The smallest absolute Gasteiger partial charge is 0.163 e. The summed E-state index contributed by atoms with van der Waals surface area (Å²) in [4.78, 5) is 0. The lowest BCUT2D eigenvalue weighted by atomic mass is 9.99. The molecule has 2 unspecified atom stereocenters. The van der Waals surface area contributed by atoms with Crippen LogP contribution in [0.15, 0.2) is 12.1 Å². The van der Waals surface area contributed by atoms with Gasteiger partial charge in [0.2, 0.25) is 0 Å². The van der Waals surface area contributed by atoms with Gasteiger partial charge in [-0.3, -0.25) is 0 Å². The molecule has 98 valence electrons. The number of aromatic hydroxyl groups is 1. The first-order chi connectivity index (χ1) is 8.54. The molecule has 0 aliphatic rings. The van der Waals surface area contributed by atoms with Gasteiger partial charge < -0.3 is 25.2 Å². The van der Waals surface area contributed by atoms with E-state index >= 15 is 0 Å². The molecule has 1 aromatic carbocycles. The van der Waals surface area contributed by atoms with Gasteiger partial charge in [0.15, 0.2) is 11.5 Å². The minimum atomic E-state index is -1.40. The van der Waals surface area contributed by atoms with E-state index in [4.69, 9.17) is 15.1 Å². The average molecular weight is 253 g/mol. The van der Waals surface area contributed by atoms with Gasteiger partial charge in [0, 0.05) is 18.2 Å². The number of nitrogens with zero attached hydrogens (tertiary/aromatic N) is 1. The summed E-state index contributed by atoms with van der Waals surface area (Å²) < 4.78 is 4.87. The van der Waals surface area contributed by atoms with E-state index in [0.29, 0.717) is 0 Å². The van der Waals surface area contributed by atoms with Crippen LogP contribution in [0.3, 0.4) is 0 Å². The first-order valence-electron chi connectivity index (χ1n) is 5.33. The SMILES string of the molecule is COc1cc(C#N)cc(C(O)C(O)CCO)c1O. The van der Waals surface area contributed by atoms with Crippen molar-refractivity contribution in [1.82, 2.24) is 0 Å². The van der Waals surface area contributed by atoms with Gasteiger partial charge >= 0.3 is 0 Å². The van der Waals surface area contributed by atoms with Crippen LogP contribution in [0.4, 0.5) is 0 Å². The van der Waals surface area contributed by atoms with Crippen LogP contribution in [0, 0.1) is 11.3 Å². The van der Waals surface area contributed by atoms with Gasteiger partial charge in [0.05, 0.1) is 24.8 Å². The van der Waals surface area contributed by atoms with Crippen LogP contribution >= 0.6 is 0 Å². The number of aliphatic hydroxyl groups is 3. The number of phenols is 1. The van der Waals surface area contributed by atoms with Gasteiger partial charge in [0.1, 0.15) is 6.10 Å². The molecule has 0 bridgehead atoms. The number of methoxy groups -OCH3 is 1. The van der Waals surface area contributed by atoms with Gasteiger partial charge in [-0.2, -0.15) is 5.26 Å². The Labute approximate surface area is 104 Å². The molecule has 0 amide bonds. The molecule has 0 fully saturated rings. The fourth-order valence-electron chi connectivity index (χ4n) is 1.57. The zero-order chi connectivity index (χ0) is 13.7. The van der Waals surface area contributed by atoms with Crippen molar-refractivity contribution in [1.29, 1.82) is 5.26 Å². The van der Waals surface area contributed by atoms with E-state index in [-0.39, 0.29) is 35.7 Å². The van der Waals surface area contributed by atoms with E-state index in [1.165, 1.54) is 19.2 Å². The van der Waals surface area contributed by atoms with Gasteiger partial charge in [0.25, 0.3) is 0 Å². The fraction of sp³-hybridized carbons (Fsp3) is 0.417. The highest BCUT2D eigenvalue weighted by Crippen LogP contribution is 2.36. The summed E-state index contributed by atoms with van der Waals surface area (Å²) in [5, 5.41) is 46.8. The number of hydrogen-bond donors (Lipinski definition) is 4. The Hall–Kier alpha value is -1.81. The lowest BCUT2D eigenvalue weighted by molar-refractivity contribution is 0.00289. The third-order valence-electron chi connectivity index (χ3n) is 2.56. The molecule has 0 spiro atoms. The van der Waals surface area contributed by atoms with Crippen molar-refractivity contribution in [2.24, 2.45) is 0 Å². The monoisotopic (exact) mass is 253 g/mol. The molecule has 18 heavy (non-hydrogen) atoms. The zero-order valence-electron chi connectivity index (χ0n) is 9.87. The molecular weight excluding hydrogens is 238 g/mol. The van der Waals surface area contributed by atoms with Crippen molar-refractivity contribution in [3.05, 3.63) is 23.3 Å². The van der Waals surface area contributed by atoms with Gasteiger partial charge in [-0.15, -0.1) is 0 Å². The fourth-order valence-corrected chi connectivity index (χ4v) is 1.57. The number of aliphatic hydroxyl groups excluding tert-OH is 3. The van der Waals surface area contributed by atoms with Gasteiger partial charge in [-0.1, -0.05) is 0 Å². The molecule has 1 aromatic rings. The summed E-state index contributed by atoms with van der Waals surface area (Å²) in [6.07, 6.45) is -2.68. The van der Waals surface area contributed by atoms with Crippen LogP contribution in [0.5, 0.6) is 11.5 Å². The van der Waals surface area contributed by atoms with Crippen LogP contribution in [-0.2, 0) is 0 Å². The van der Waals surface area contributed by atoms with E-state index in [9.17, 15) is 15.3 Å². The number of phenolic OH excluding ortho intramolecular Hbond substituents is 1. The highest BCUT2D eigenvalue weighted by Gasteiger charge is 2.23. The topological polar surface area (TPSA) is 114 Å². The van der Waals surface area contributed by atoms with Gasteiger partial charge in [-0.25, -0.2) is 0 Å². The Morgan fingerprint density at radius 2 is 2.06 bits per heavy atom. The van der Waals surface area contributed by atoms with E-state index in [2.05, 4.69) is 0 Å². The number of nitriles is 1. The predicted molar refractivity (Wildman–Crippen MR) is 62.0 cm³/mol. The first-order valence-corrected chi connectivity index (χ1v) is 5.33. The van der Waals surface area contributed by atoms with Gasteiger partial charge in [-0.05, 0) is 12.5 Å². The molecule has 1 rings (SSSR count). The summed E-state index contributed by atoms with van der Waals surface area (Å²) in [5.74, 6) is -0.291. The summed E-state index contributed by atoms with van der Waals surface area (Å²) in [7, 11) is 1.32. The second-order valence-corrected chi connectivity index (χ2v) is 3.75. The summed E-state index contributed by atoms with van der Waals surface area (Å²) >= 11 is 0. The molecular formula is C12H15NO5. The maximum atomic E-state index is 9.85. The Kier molecular flexibility index (Phi) is 4.92. The second kappa shape index (κ2) is 6.21. The largest absolute Gasteiger partial charge is 0.504 e. The lowest BCUT2D eigenvalue weighted by Crippen LogP contribution is -2.19. The molecule has 0 saturated heterocycles. The maximum Gasteiger partial charge on any atom is 0.163 e. The van der Waals surface area contributed by atoms with E-state index < -0.39 is 12.2 Å². The molecule has 0 saturated carbocycles. The lowest BCUT2D eigenvalue weighted by Gasteiger charge is -2.19. The van der Waals surface area contributed by atoms with Crippen LogP contribution in [0.25, 0.3) is 0 Å². The Bertz CT molecular complexity index is 455. The predicted octanol–water partition coefficient (Wildman–Crippen LogP) is 0.0492. The van der Waals surface area contributed by atoms with E-state index in [1.807, 2.05) is 6.07 Å². The van der Waals surface area contributed by atoms with Crippen LogP contribution < -0.4 is 4.74 Å². The molecule has 0 aromatic heterocycles. The summed E-state index contributed by atoms with van der Waals surface area (Å²) in [5.41, 5.74) is 0.182. The van der Waals surface area contributed by atoms with Crippen LogP contribution in [0.2, 0.25) is 0 Å². The second-order valence-electron chi connectivity index (χ2n) is 3.75. The third kappa shape index (κ3) is 2.90. The number of benzene rings is 1. The highest BCUT2D eigenvalue weighted by molar-refractivity contribution is 5.52. The number of rotatable bonds is 5. The van der Waals surface area contributed by atoms with Crippen molar-refractivity contribution >= 4 is 0 Å². The Morgan fingerprint density at radius 1 is 1.39 bits per heavy atom. The number of ether oxygens (including phenoxy) is 1. The third-order valence-corrected chi connectivity index (χ3v) is 2.56. The van der Waals surface area contributed by atoms with E-state index in [1.54, 1.807) is 0 Å². The van der Waals surface area contributed by atoms with Crippen molar-refractivity contribution in [2.45, 2.75) is 18.6 Å². The normalized spacial score (nSPS) is 13.7. The van der Waals surface area contributed by atoms with E-state index in [0.717, 1.165) is 0 Å². The quantitative estimate of drug-likeness (QED) is 0.589. The minimum absolute atomic E-state index is 0.00755. The molecule has 0 aliphatic carbocycles. The standard InChI is InChI=1S/C12H15NO5/c1-18-10-5-7(6-13)4-8(12(10)17)11(16)9(15)2-3-14/h4-5,9,11,14-17H,2-3H2,1H3. The Balaban J connectivity index is 3.18. The van der Waals surface area contributed by atoms with Crippen molar-refractivity contribution in [3.8, 4) is 17.6 Å².